The van der Waals surface area contributed by atoms with Crippen molar-refractivity contribution in [2.24, 2.45) is 0 Å². The van der Waals surface area contributed by atoms with Crippen LogP contribution in [-0.2, 0) is 11.8 Å². The van der Waals surface area contributed by atoms with E-state index in [2.05, 4.69) is 228 Å². The van der Waals surface area contributed by atoms with Gasteiger partial charge in [-0.2, -0.15) is 0 Å². The van der Waals surface area contributed by atoms with Gasteiger partial charge in [0.15, 0.2) is 0 Å². The normalized spacial score (nSPS) is 14.8. The maximum absolute atomic E-state index is 6.62. The molecule has 4 heteroatoms. The van der Waals surface area contributed by atoms with Gasteiger partial charge in [0.1, 0.15) is 23.0 Å². The van der Waals surface area contributed by atoms with E-state index in [-0.39, 0.29) is 0 Å². The molecule has 10 aromatic rings. The summed E-state index contributed by atoms with van der Waals surface area (Å²) in [6, 6.07) is 69.8. The van der Waals surface area contributed by atoms with Crippen molar-refractivity contribution in [3.63, 3.8) is 0 Å². The van der Waals surface area contributed by atoms with Crippen LogP contribution in [0.25, 0.3) is 61.3 Å². The van der Waals surface area contributed by atoms with Gasteiger partial charge in [0.05, 0.1) is 22.0 Å². The van der Waals surface area contributed by atoms with E-state index in [1.54, 1.807) is 0 Å². The number of fused-ring (bicyclic) bond motifs is 9. The summed E-state index contributed by atoms with van der Waals surface area (Å²) in [5.41, 5.74) is 15.7. The second-order valence-electron chi connectivity index (χ2n) is 17.4. The Labute approximate surface area is 378 Å². The Morgan fingerprint density at radius 1 is 0.415 bits per heavy atom. The van der Waals surface area contributed by atoms with E-state index in [0.717, 1.165) is 54.4 Å². The molecule has 3 aliphatic rings. The van der Waals surface area contributed by atoms with Crippen LogP contribution in [0.15, 0.2) is 218 Å². The van der Waals surface area contributed by atoms with Crippen molar-refractivity contribution >= 4 is 44.5 Å². The summed E-state index contributed by atoms with van der Waals surface area (Å²) >= 11 is 0. The minimum Gasteiger partial charge on any atom is -0.462 e. The minimum atomic E-state index is -0.539. The minimum absolute atomic E-state index is 0.539. The van der Waals surface area contributed by atoms with E-state index in [1.807, 2.05) is 0 Å². The lowest BCUT2D eigenvalue weighted by Crippen LogP contribution is -2.28. The van der Waals surface area contributed by atoms with E-state index in [0.29, 0.717) is 0 Å². The molecule has 0 bridgehead atoms. The first kappa shape index (κ1) is 37.5. The zero-order valence-corrected chi connectivity index (χ0v) is 35.8. The Kier molecular flexibility index (Phi) is 8.67. The Morgan fingerprint density at radius 2 is 0.923 bits per heavy atom. The second kappa shape index (κ2) is 15.0. The summed E-state index contributed by atoms with van der Waals surface area (Å²) < 4.78 is 18.0. The lowest BCUT2D eigenvalue weighted by molar-refractivity contribution is 0.402. The molecule has 2 aromatic heterocycles. The lowest BCUT2D eigenvalue weighted by Gasteiger charge is -2.34. The van der Waals surface area contributed by atoms with Gasteiger partial charge in [-0.05, 0) is 143 Å². The number of ether oxygens (including phenoxy) is 2. The van der Waals surface area contributed by atoms with Gasteiger partial charge in [0.2, 0.25) is 0 Å². The molecule has 8 aromatic carbocycles. The van der Waals surface area contributed by atoms with E-state index >= 15 is 0 Å². The molecular weight excluding hydrogens is 793 g/mol. The number of allylic oxidation sites excluding steroid dienone is 5. The average molecular weight is 837 g/mol. The third-order valence-electron chi connectivity index (χ3n) is 13.9. The van der Waals surface area contributed by atoms with Gasteiger partial charge in [0.25, 0.3) is 0 Å². The molecule has 65 heavy (non-hydrogen) atoms. The van der Waals surface area contributed by atoms with Crippen LogP contribution in [-0.4, -0.2) is 9.13 Å². The predicted octanol–water partition coefficient (Wildman–Crippen LogP) is 15.5. The molecule has 3 aliphatic carbocycles. The van der Waals surface area contributed by atoms with Crippen LogP contribution in [0, 0.1) is 0 Å². The predicted molar refractivity (Wildman–Crippen MR) is 266 cm³/mol. The van der Waals surface area contributed by atoms with E-state index in [1.165, 1.54) is 83.0 Å². The van der Waals surface area contributed by atoms with Crippen LogP contribution in [0.4, 0.5) is 0 Å². The number of nitrogens with zero attached hydrogens (tertiary/aromatic N) is 2. The van der Waals surface area contributed by atoms with Crippen molar-refractivity contribution in [3.8, 4) is 34.1 Å². The monoisotopic (exact) mass is 836 g/mol. The van der Waals surface area contributed by atoms with Crippen molar-refractivity contribution in [2.75, 3.05) is 0 Å². The fourth-order valence-electron chi connectivity index (χ4n) is 11.1. The fourth-order valence-corrected chi connectivity index (χ4v) is 11.1. The molecule has 0 atom stereocenters. The summed E-state index contributed by atoms with van der Waals surface area (Å²) in [5.74, 6) is 3.39. The zero-order valence-electron chi connectivity index (χ0n) is 35.8. The van der Waals surface area contributed by atoms with Crippen LogP contribution >= 0.6 is 0 Å². The smallest absolute Gasteiger partial charge is 0.127 e. The van der Waals surface area contributed by atoms with Crippen molar-refractivity contribution < 1.29 is 9.47 Å². The lowest BCUT2D eigenvalue weighted by atomic mass is 9.68. The molecule has 0 saturated heterocycles. The maximum atomic E-state index is 6.62. The Hall–Kier alpha value is -8.08. The molecule has 0 radical (unpaired) electrons. The standard InChI is InChI=1S/C61H44N2O2/c1-7-19-55-49(13-1)50-14-2-8-20-56(50)61(55,41-25-33-45(34-26-41)64-47-37-29-43(30-38-47)62-57-21-9-3-15-51(57)52-16-4-10-22-58(52)62)42-27-35-46(36-28-42)65-48-39-31-44(32-40-48)63-59-23-11-5-17-53(59)54-18-6-12-24-60(54)63/h1-5,7-17,19-29,31-37,39-40H,6,18,30,38H2. The highest BCUT2D eigenvalue weighted by Crippen LogP contribution is 2.56. The highest BCUT2D eigenvalue weighted by Gasteiger charge is 2.46. The van der Waals surface area contributed by atoms with Gasteiger partial charge in [0, 0.05) is 39.7 Å². The molecule has 0 aliphatic heterocycles. The van der Waals surface area contributed by atoms with Crippen LogP contribution < -0.4 is 9.47 Å². The van der Waals surface area contributed by atoms with Crippen molar-refractivity contribution in [3.05, 3.63) is 252 Å². The largest absolute Gasteiger partial charge is 0.462 e. The third kappa shape index (κ3) is 5.91. The topological polar surface area (TPSA) is 28.3 Å². The molecule has 0 N–H and O–H groups in total. The molecule has 0 unspecified atom stereocenters. The summed E-state index contributed by atoms with van der Waals surface area (Å²) in [4.78, 5) is 0. The van der Waals surface area contributed by atoms with E-state index < -0.39 is 5.41 Å². The quantitative estimate of drug-likeness (QED) is 0.153. The number of para-hydroxylation sites is 3. The number of hydrogen-bond donors (Lipinski definition) is 0. The zero-order chi connectivity index (χ0) is 42.9. The summed E-state index contributed by atoms with van der Waals surface area (Å²) in [6.45, 7) is 0. The average Bonchev–Trinajstić information content (AvgIpc) is 4.00. The Bertz CT molecular complexity index is 3480. The second-order valence-corrected chi connectivity index (χ2v) is 17.4. The van der Waals surface area contributed by atoms with Crippen LogP contribution in [0.1, 0.15) is 52.8 Å². The highest BCUT2D eigenvalue weighted by atomic mass is 16.5. The van der Waals surface area contributed by atoms with Crippen LogP contribution in [0.2, 0.25) is 0 Å². The van der Waals surface area contributed by atoms with Crippen LogP contribution in [0.5, 0.6) is 17.2 Å². The molecular formula is C61H44N2O2. The molecule has 0 saturated carbocycles. The molecule has 0 spiro atoms. The highest BCUT2D eigenvalue weighted by molar-refractivity contribution is 6.10. The number of benzene rings is 8. The summed E-state index contributed by atoms with van der Waals surface area (Å²) in [5, 5.41) is 3.90. The van der Waals surface area contributed by atoms with Gasteiger partial charge in [-0.15, -0.1) is 0 Å². The van der Waals surface area contributed by atoms with Crippen LogP contribution in [0.3, 0.4) is 0 Å². The number of rotatable bonds is 8. The first-order valence-corrected chi connectivity index (χ1v) is 22.8. The molecule has 2 heterocycles. The van der Waals surface area contributed by atoms with Gasteiger partial charge < -0.3 is 18.6 Å². The first-order chi connectivity index (χ1) is 32.2. The van der Waals surface area contributed by atoms with Crippen molar-refractivity contribution in [2.45, 2.75) is 31.1 Å². The van der Waals surface area contributed by atoms with Gasteiger partial charge in [-0.3, -0.25) is 0 Å². The number of aromatic nitrogens is 2. The SMILES string of the molecule is C1=Cc2c(c3ccccc3n2-c2ccc(Oc3ccc(C4(c5ccc(OC6=CC=C(n7c8ccccc8c8ccccc87)CC6)cc5)c5ccccc5-c5ccccc54)cc3)cc2)CC1. The first-order valence-electron chi connectivity index (χ1n) is 22.8. The summed E-state index contributed by atoms with van der Waals surface area (Å²) in [6.07, 6.45) is 12.8. The molecule has 4 nitrogen and oxygen atoms in total. The number of hydrogen-bond acceptors (Lipinski definition) is 2. The molecule has 310 valence electrons. The Morgan fingerprint density at radius 3 is 1.51 bits per heavy atom. The molecule has 0 fully saturated rings. The summed E-state index contributed by atoms with van der Waals surface area (Å²) in [7, 11) is 0. The van der Waals surface area contributed by atoms with E-state index in [9.17, 15) is 0 Å². The van der Waals surface area contributed by atoms with Crippen molar-refractivity contribution in [1.82, 2.24) is 9.13 Å². The maximum Gasteiger partial charge on any atom is 0.127 e. The third-order valence-corrected chi connectivity index (χ3v) is 13.9. The van der Waals surface area contributed by atoms with Gasteiger partial charge in [-0.1, -0.05) is 133 Å². The fraction of sp³-hybridized carbons (Fsp3) is 0.0820. The van der Waals surface area contributed by atoms with Crippen molar-refractivity contribution in [1.29, 1.82) is 0 Å². The molecule has 13 rings (SSSR count). The molecule has 0 amide bonds. The van der Waals surface area contributed by atoms with Gasteiger partial charge >= 0.3 is 0 Å². The Balaban J connectivity index is 0.809. The van der Waals surface area contributed by atoms with E-state index in [4.69, 9.17) is 9.47 Å². The number of aryl methyl sites for hydroxylation is 1. The van der Waals surface area contributed by atoms with Gasteiger partial charge in [-0.25, -0.2) is 0 Å².